The molecule has 0 bridgehead atoms. The predicted molar refractivity (Wildman–Crippen MR) is 59.6 cm³/mol. The van der Waals surface area contributed by atoms with Gasteiger partial charge in [0.05, 0.1) is 7.11 Å². The van der Waals surface area contributed by atoms with Crippen molar-refractivity contribution >= 4 is 0 Å². The van der Waals surface area contributed by atoms with E-state index in [-0.39, 0.29) is 12.4 Å². The molecule has 0 unspecified atom stereocenters. The summed E-state index contributed by atoms with van der Waals surface area (Å²) in [6, 6.07) is 8.17. The van der Waals surface area contributed by atoms with Gasteiger partial charge in [0.1, 0.15) is 5.75 Å². The van der Waals surface area contributed by atoms with Crippen molar-refractivity contribution in [2.45, 2.75) is 26.3 Å². The van der Waals surface area contributed by atoms with Gasteiger partial charge in [0.15, 0.2) is 0 Å². The van der Waals surface area contributed by atoms with E-state index < -0.39 is 0 Å². The van der Waals surface area contributed by atoms with Gasteiger partial charge in [0, 0.05) is 6.54 Å². The molecule has 86 valence electrons. The molecule has 0 saturated heterocycles. The second kappa shape index (κ2) is 8.57. The number of hydrogen-bond acceptors (Lipinski definition) is 2. The van der Waals surface area contributed by atoms with Crippen LogP contribution in [-0.4, -0.2) is 13.7 Å². The average molecular weight is 229 g/mol. The van der Waals surface area contributed by atoms with Crippen LogP contribution in [0.25, 0.3) is 0 Å². The van der Waals surface area contributed by atoms with Crippen molar-refractivity contribution in [3.63, 3.8) is 0 Å². The first kappa shape index (κ1) is 14.3. The summed E-state index contributed by atoms with van der Waals surface area (Å²) in [6.45, 7) is 4.22. The van der Waals surface area contributed by atoms with Crippen LogP contribution in [0.15, 0.2) is 24.3 Å². The first-order valence-corrected chi connectivity index (χ1v) is 5.20. The summed E-state index contributed by atoms with van der Waals surface area (Å²) in [5.41, 5.74) is 1.28. The van der Waals surface area contributed by atoms with E-state index in [0.717, 1.165) is 18.8 Å². The van der Waals surface area contributed by atoms with Gasteiger partial charge in [-0.05, 0) is 30.7 Å². The summed E-state index contributed by atoms with van der Waals surface area (Å²) in [4.78, 5) is 0. The van der Waals surface area contributed by atoms with Crippen molar-refractivity contribution < 1.29 is 17.1 Å². The predicted octanol–water partition coefficient (Wildman–Crippen LogP) is -0.411. The summed E-state index contributed by atoms with van der Waals surface area (Å²) in [7, 11) is 1.70. The lowest BCUT2D eigenvalue weighted by Crippen LogP contribution is -3.00. The van der Waals surface area contributed by atoms with Crippen molar-refractivity contribution in [1.82, 2.24) is 5.32 Å². The number of nitrogens with one attached hydrogen (secondary N) is 1. The molecule has 3 heteroatoms. The number of rotatable bonds is 6. The minimum atomic E-state index is 0. The molecule has 2 nitrogen and oxygen atoms in total. The normalized spacial score (nSPS) is 9.47. The zero-order chi connectivity index (χ0) is 10.2. The van der Waals surface area contributed by atoms with Crippen molar-refractivity contribution in [3.05, 3.63) is 29.8 Å². The van der Waals surface area contributed by atoms with Crippen LogP contribution in [0, 0.1) is 0 Å². The molecule has 0 aliphatic rings. The number of methoxy groups -OCH3 is 1. The fourth-order valence-corrected chi connectivity index (χ4v) is 1.32. The van der Waals surface area contributed by atoms with E-state index in [9.17, 15) is 0 Å². The highest BCUT2D eigenvalue weighted by Crippen LogP contribution is 2.11. The van der Waals surface area contributed by atoms with Gasteiger partial charge in [0.2, 0.25) is 0 Å². The average Bonchev–Trinajstić information content (AvgIpc) is 2.25. The lowest BCUT2D eigenvalue weighted by molar-refractivity contribution is -0.00000336. The number of hydrogen-bond donors (Lipinski definition) is 1. The van der Waals surface area contributed by atoms with Crippen molar-refractivity contribution in [2.75, 3.05) is 13.7 Å². The van der Waals surface area contributed by atoms with Gasteiger partial charge >= 0.3 is 0 Å². The Morgan fingerprint density at radius 2 is 2.13 bits per heavy atom. The molecule has 0 spiro atoms. The first-order valence-electron chi connectivity index (χ1n) is 5.20. The molecule has 1 rings (SSSR count). The maximum Gasteiger partial charge on any atom is 0.119 e. The zero-order valence-electron chi connectivity index (χ0n) is 9.42. The zero-order valence-corrected chi connectivity index (χ0v) is 10.2. The quantitative estimate of drug-likeness (QED) is 0.669. The molecule has 1 aromatic carbocycles. The third kappa shape index (κ3) is 5.65. The Morgan fingerprint density at radius 3 is 2.80 bits per heavy atom. The largest absolute Gasteiger partial charge is 1.00 e. The monoisotopic (exact) mass is 228 g/mol. The SMILES string of the molecule is CCCCNCc1cccc(OC)c1.[Cl-]. The summed E-state index contributed by atoms with van der Waals surface area (Å²) >= 11 is 0. The minimum absolute atomic E-state index is 0. The molecule has 0 amide bonds. The van der Waals surface area contributed by atoms with Crippen LogP contribution in [0.4, 0.5) is 0 Å². The van der Waals surface area contributed by atoms with Gasteiger partial charge in [0.25, 0.3) is 0 Å². The fraction of sp³-hybridized carbons (Fsp3) is 0.500. The van der Waals surface area contributed by atoms with E-state index in [1.807, 2.05) is 12.1 Å². The standard InChI is InChI=1S/C12H19NO.ClH/c1-3-4-8-13-10-11-6-5-7-12(9-11)14-2;/h5-7,9,13H,3-4,8,10H2,1-2H3;1H/p-1. The van der Waals surface area contributed by atoms with Gasteiger partial charge in [-0.25, -0.2) is 0 Å². The number of ether oxygens (including phenoxy) is 1. The molecule has 0 aliphatic carbocycles. The minimum Gasteiger partial charge on any atom is -1.00 e. The molecular weight excluding hydrogens is 210 g/mol. The smallest absolute Gasteiger partial charge is 0.119 e. The molecule has 0 aliphatic heterocycles. The number of halogens is 1. The fourth-order valence-electron chi connectivity index (χ4n) is 1.32. The Bertz CT molecular complexity index is 266. The van der Waals surface area contributed by atoms with Crippen LogP contribution in [0.2, 0.25) is 0 Å². The Morgan fingerprint density at radius 1 is 1.33 bits per heavy atom. The summed E-state index contributed by atoms with van der Waals surface area (Å²) < 4.78 is 5.15. The highest BCUT2D eigenvalue weighted by Gasteiger charge is 1.94. The Kier molecular flexibility index (Phi) is 8.15. The van der Waals surface area contributed by atoms with E-state index >= 15 is 0 Å². The molecule has 15 heavy (non-hydrogen) atoms. The molecular formula is C12H19ClNO-. The van der Waals surface area contributed by atoms with Crippen LogP contribution in [0.5, 0.6) is 5.75 Å². The number of unbranched alkanes of at least 4 members (excludes halogenated alkanes) is 1. The third-order valence-electron chi connectivity index (χ3n) is 2.17. The van der Waals surface area contributed by atoms with Crippen LogP contribution in [0.1, 0.15) is 25.3 Å². The maximum atomic E-state index is 5.15. The maximum absolute atomic E-state index is 5.15. The van der Waals surface area contributed by atoms with Crippen LogP contribution in [-0.2, 0) is 6.54 Å². The number of benzene rings is 1. The van der Waals surface area contributed by atoms with Gasteiger partial charge < -0.3 is 22.5 Å². The van der Waals surface area contributed by atoms with E-state index in [0.29, 0.717) is 0 Å². The first-order chi connectivity index (χ1) is 6.86. The van der Waals surface area contributed by atoms with Gasteiger partial charge in [-0.15, -0.1) is 0 Å². The van der Waals surface area contributed by atoms with Crippen molar-refractivity contribution in [3.8, 4) is 5.75 Å². The molecule has 0 saturated carbocycles. The van der Waals surface area contributed by atoms with Crippen molar-refractivity contribution in [1.29, 1.82) is 0 Å². The van der Waals surface area contributed by atoms with Gasteiger partial charge in [-0.2, -0.15) is 0 Å². The highest BCUT2D eigenvalue weighted by molar-refractivity contribution is 5.28. The van der Waals surface area contributed by atoms with Crippen LogP contribution in [0.3, 0.4) is 0 Å². The highest BCUT2D eigenvalue weighted by atomic mass is 35.5. The molecule has 0 aromatic heterocycles. The van der Waals surface area contributed by atoms with Gasteiger partial charge in [-0.3, -0.25) is 0 Å². The third-order valence-corrected chi connectivity index (χ3v) is 2.17. The van der Waals surface area contributed by atoms with Gasteiger partial charge in [-0.1, -0.05) is 25.5 Å². The molecule has 1 aromatic rings. The van der Waals surface area contributed by atoms with E-state index in [2.05, 4.69) is 24.4 Å². The van der Waals surface area contributed by atoms with E-state index in [1.54, 1.807) is 7.11 Å². The molecule has 1 N–H and O–H groups in total. The second-order valence-corrected chi connectivity index (χ2v) is 3.38. The second-order valence-electron chi connectivity index (χ2n) is 3.38. The summed E-state index contributed by atoms with van der Waals surface area (Å²) in [5, 5.41) is 3.40. The lowest BCUT2D eigenvalue weighted by atomic mass is 10.2. The molecule has 0 fully saturated rings. The lowest BCUT2D eigenvalue weighted by Gasteiger charge is -2.05. The molecule has 0 heterocycles. The Hall–Kier alpha value is -0.730. The van der Waals surface area contributed by atoms with E-state index in [1.165, 1.54) is 18.4 Å². The van der Waals surface area contributed by atoms with E-state index in [4.69, 9.17) is 4.74 Å². The topological polar surface area (TPSA) is 21.3 Å². The Balaban J connectivity index is 0.00000196. The van der Waals surface area contributed by atoms with Crippen LogP contribution < -0.4 is 22.5 Å². The molecule has 0 atom stereocenters. The summed E-state index contributed by atoms with van der Waals surface area (Å²) in [6.07, 6.45) is 2.48. The summed E-state index contributed by atoms with van der Waals surface area (Å²) in [5.74, 6) is 0.930. The van der Waals surface area contributed by atoms with Crippen molar-refractivity contribution in [2.24, 2.45) is 0 Å². The Labute approximate surface area is 98.4 Å². The van der Waals surface area contributed by atoms with Crippen LogP contribution >= 0.6 is 0 Å². The molecule has 0 radical (unpaired) electrons.